The second-order valence-electron chi connectivity index (χ2n) is 6.75. The largest absolute Gasteiger partial charge is 0.300 e. The van der Waals surface area contributed by atoms with Crippen LogP contribution in [0.3, 0.4) is 0 Å². The van der Waals surface area contributed by atoms with Gasteiger partial charge in [-0.05, 0) is 38.7 Å². The summed E-state index contributed by atoms with van der Waals surface area (Å²) in [5.41, 5.74) is 3.27. The molecule has 0 saturated carbocycles. The van der Waals surface area contributed by atoms with Gasteiger partial charge in [0.05, 0.1) is 5.39 Å². The molecule has 0 atom stereocenters. The lowest BCUT2D eigenvalue weighted by Crippen LogP contribution is -2.24. The van der Waals surface area contributed by atoms with Crippen LogP contribution in [-0.2, 0) is 24.2 Å². The van der Waals surface area contributed by atoms with Crippen LogP contribution in [0, 0.1) is 6.92 Å². The van der Waals surface area contributed by atoms with Crippen LogP contribution in [0.25, 0.3) is 21.6 Å². The van der Waals surface area contributed by atoms with E-state index < -0.39 is 0 Å². The molecule has 1 aliphatic rings. The fourth-order valence-corrected chi connectivity index (χ4v) is 4.73. The molecule has 3 aromatic rings. The lowest BCUT2D eigenvalue weighted by molar-refractivity contribution is -0.117. The molecule has 5 heteroatoms. The molecule has 2 heterocycles. The minimum atomic E-state index is 0.00113. The highest BCUT2D eigenvalue weighted by Crippen LogP contribution is 2.35. The van der Waals surface area contributed by atoms with Gasteiger partial charge in [-0.25, -0.2) is 4.98 Å². The standard InChI is InChI=1S/C20H20N2O2S/c1-12-6-8-14(9-7-12)18-21-19-17(15-4-3-5-16(15)25-19)20(24)22(18)11-10-13(2)23/h6-9H,3-5,10-11H2,1-2H3. The Morgan fingerprint density at radius 2 is 2.00 bits per heavy atom. The number of Topliss-reactive ketones (excluding diaryl/α,β-unsaturated/α-hetero) is 1. The summed E-state index contributed by atoms with van der Waals surface area (Å²) in [4.78, 5) is 31.7. The minimum Gasteiger partial charge on any atom is -0.300 e. The normalized spacial score (nSPS) is 13.4. The van der Waals surface area contributed by atoms with Gasteiger partial charge >= 0.3 is 0 Å². The van der Waals surface area contributed by atoms with Crippen LogP contribution in [0.1, 0.15) is 35.8 Å². The number of hydrogen-bond donors (Lipinski definition) is 0. The van der Waals surface area contributed by atoms with Crippen LogP contribution in [0.4, 0.5) is 0 Å². The minimum absolute atomic E-state index is 0.00113. The Morgan fingerprint density at radius 3 is 2.72 bits per heavy atom. The molecular weight excluding hydrogens is 332 g/mol. The summed E-state index contributed by atoms with van der Waals surface area (Å²) in [6.45, 7) is 3.98. The number of aromatic nitrogens is 2. The van der Waals surface area contributed by atoms with Crippen LogP contribution in [-0.4, -0.2) is 15.3 Å². The third-order valence-electron chi connectivity index (χ3n) is 4.82. The maximum Gasteiger partial charge on any atom is 0.262 e. The zero-order valence-electron chi connectivity index (χ0n) is 14.5. The molecule has 0 saturated heterocycles. The lowest BCUT2D eigenvalue weighted by atomic mass is 10.1. The summed E-state index contributed by atoms with van der Waals surface area (Å²) >= 11 is 1.65. The van der Waals surface area contributed by atoms with Crippen molar-refractivity contribution < 1.29 is 4.79 Å². The predicted molar refractivity (Wildman–Crippen MR) is 101 cm³/mol. The third-order valence-corrected chi connectivity index (χ3v) is 6.01. The topological polar surface area (TPSA) is 52.0 Å². The van der Waals surface area contributed by atoms with Crippen molar-refractivity contribution in [3.8, 4) is 11.4 Å². The molecule has 1 aromatic carbocycles. The number of thiophene rings is 1. The highest BCUT2D eigenvalue weighted by Gasteiger charge is 2.23. The number of benzene rings is 1. The average Bonchev–Trinajstić information content (AvgIpc) is 3.14. The highest BCUT2D eigenvalue weighted by atomic mass is 32.1. The molecule has 0 unspecified atom stereocenters. The Balaban J connectivity index is 1.96. The van der Waals surface area contributed by atoms with E-state index in [0.717, 1.165) is 40.6 Å². The van der Waals surface area contributed by atoms with Crippen molar-refractivity contribution in [2.45, 2.75) is 46.1 Å². The van der Waals surface area contributed by atoms with Crippen LogP contribution in [0.5, 0.6) is 0 Å². The second kappa shape index (κ2) is 6.23. The van der Waals surface area contributed by atoms with Crippen molar-refractivity contribution in [1.29, 1.82) is 0 Å². The number of hydrogen-bond acceptors (Lipinski definition) is 4. The molecule has 4 nitrogen and oxygen atoms in total. The van der Waals surface area contributed by atoms with Crippen LogP contribution in [0.15, 0.2) is 29.1 Å². The Kier molecular flexibility index (Phi) is 4.04. The van der Waals surface area contributed by atoms with Gasteiger partial charge in [0.25, 0.3) is 5.56 Å². The Morgan fingerprint density at radius 1 is 1.24 bits per heavy atom. The highest BCUT2D eigenvalue weighted by molar-refractivity contribution is 7.18. The predicted octanol–water partition coefficient (Wildman–Crippen LogP) is 3.90. The third kappa shape index (κ3) is 2.82. The van der Waals surface area contributed by atoms with E-state index in [-0.39, 0.29) is 11.3 Å². The first-order valence-electron chi connectivity index (χ1n) is 8.66. The van der Waals surface area contributed by atoms with Crippen molar-refractivity contribution in [3.63, 3.8) is 0 Å². The molecule has 0 N–H and O–H groups in total. The van der Waals surface area contributed by atoms with Gasteiger partial charge in [0.15, 0.2) is 0 Å². The zero-order valence-corrected chi connectivity index (χ0v) is 15.3. The van der Waals surface area contributed by atoms with Crippen molar-refractivity contribution in [1.82, 2.24) is 9.55 Å². The molecular formula is C20H20N2O2S. The molecule has 0 bridgehead atoms. The second-order valence-corrected chi connectivity index (χ2v) is 7.83. The molecule has 4 rings (SSSR count). The van der Waals surface area contributed by atoms with E-state index >= 15 is 0 Å². The Hall–Kier alpha value is -2.27. The van der Waals surface area contributed by atoms with Gasteiger partial charge in [0.1, 0.15) is 16.4 Å². The van der Waals surface area contributed by atoms with E-state index in [1.807, 2.05) is 31.2 Å². The Labute approximate surface area is 150 Å². The maximum absolute atomic E-state index is 13.2. The number of carbonyl (C=O) groups excluding carboxylic acids is 1. The van der Waals surface area contributed by atoms with E-state index in [4.69, 9.17) is 4.98 Å². The van der Waals surface area contributed by atoms with Crippen LogP contribution >= 0.6 is 11.3 Å². The van der Waals surface area contributed by atoms with Crippen molar-refractivity contribution in [2.75, 3.05) is 0 Å². The summed E-state index contributed by atoms with van der Waals surface area (Å²) in [5, 5.41) is 0.775. The number of rotatable bonds is 4. The van der Waals surface area contributed by atoms with Gasteiger partial charge in [0, 0.05) is 23.4 Å². The zero-order chi connectivity index (χ0) is 17.6. The van der Waals surface area contributed by atoms with Crippen molar-refractivity contribution in [3.05, 3.63) is 50.6 Å². The number of nitrogens with zero attached hydrogens (tertiary/aromatic N) is 2. The fraction of sp³-hybridized carbons (Fsp3) is 0.350. The lowest BCUT2D eigenvalue weighted by Gasteiger charge is -2.12. The van der Waals surface area contributed by atoms with E-state index in [0.29, 0.717) is 18.8 Å². The van der Waals surface area contributed by atoms with Gasteiger partial charge in [-0.1, -0.05) is 29.8 Å². The molecule has 25 heavy (non-hydrogen) atoms. The first-order chi connectivity index (χ1) is 12.0. The van der Waals surface area contributed by atoms with Gasteiger partial charge < -0.3 is 0 Å². The van der Waals surface area contributed by atoms with Crippen LogP contribution in [0.2, 0.25) is 0 Å². The van der Waals surface area contributed by atoms with Crippen LogP contribution < -0.4 is 5.56 Å². The monoisotopic (exact) mass is 352 g/mol. The number of carbonyl (C=O) groups is 1. The molecule has 0 spiro atoms. The van der Waals surface area contributed by atoms with E-state index in [2.05, 4.69) is 0 Å². The number of fused-ring (bicyclic) bond motifs is 3. The summed E-state index contributed by atoms with van der Waals surface area (Å²) in [6.07, 6.45) is 3.47. The van der Waals surface area contributed by atoms with Gasteiger partial charge in [-0.15, -0.1) is 11.3 Å². The van der Waals surface area contributed by atoms with E-state index in [1.165, 1.54) is 10.4 Å². The first kappa shape index (κ1) is 16.2. The molecule has 0 radical (unpaired) electrons. The van der Waals surface area contributed by atoms with E-state index in [1.54, 1.807) is 22.8 Å². The van der Waals surface area contributed by atoms with Crippen molar-refractivity contribution >= 4 is 27.3 Å². The SMILES string of the molecule is CC(=O)CCn1c(-c2ccc(C)cc2)nc2sc3c(c2c1=O)CCC3. The quantitative estimate of drug-likeness (QED) is 0.715. The first-order valence-corrected chi connectivity index (χ1v) is 9.48. The summed E-state index contributed by atoms with van der Waals surface area (Å²) < 4.78 is 1.69. The Bertz CT molecular complexity index is 1030. The van der Waals surface area contributed by atoms with E-state index in [9.17, 15) is 9.59 Å². The average molecular weight is 352 g/mol. The smallest absolute Gasteiger partial charge is 0.262 e. The molecule has 0 amide bonds. The molecule has 1 aliphatic carbocycles. The molecule has 2 aromatic heterocycles. The summed E-state index contributed by atoms with van der Waals surface area (Å²) in [6, 6.07) is 8.04. The molecule has 0 aliphatic heterocycles. The van der Waals surface area contributed by atoms with Gasteiger partial charge in [-0.3, -0.25) is 14.2 Å². The van der Waals surface area contributed by atoms with Crippen molar-refractivity contribution in [2.24, 2.45) is 0 Å². The molecule has 128 valence electrons. The maximum atomic E-state index is 13.2. The number of ketones is 1. The number of aryl methyl sites for hydroxylation is 3. The summed E-state index contributed by atoms with van der Waals surface area (Å²) in [5.74, 6) is 0.746. The van der Waals surface area contributed by atoms with Gasteiger partial charge in [-0.2, -0.15) is 0 Å². The van der Waals surface area contributed by atoms with Gasteiger partial charge in [0.2, 0.25) is 0 Å². The fourth-order valence-electron chi connectivity index (χ4n) is 3.48. The molecule has 0 fully saturated rings. The summed E-state index contributed by atoms with van der Waals surface area (Å²) in [7, 11) is 0.